The number of benzene rings is 2. The number of nitrogens with zero attached hydrogens (tertiary/aromatic N) is 5. The largest absolute Gasteiger partial charge is 0.493 e. The maximum Gasteiger partial charge on any atom is 0.270 e. The van der Waals surface area contributed by atoms with Crippen molar-refractivity contribution in [3.8, 4) is 17.6 Å². The molecule has 5 rings (SSSR count). The minimum Gasteiger partial charge on any atom is -0.493 e. The van der Waals surface area contributed by atoms with Gasteiger partial charge in [-0.25, -0.2) is 0 Å². The number of anilines is 1. The molecule has 0 aliphatic carbocycles. The molecule has 0 bridgehead atoms. The van der Waals surface area contributed by atoms with E-state index in [1.165, 1.54) is 17.3 Å². The van der Waals surface area contributed by atoms with E-state index in [0.717, 1.165) is 31.0 Å². The topological polar surface area (TPSA) is 91.0 Å². The van der Waals surface area contributed by atoms with Crippen LogP contribution in [0.5, 0.6) is 11.5 Å². The average molecular weight is 644 g/mol. The van der Waals surface area contributed by atoms with E-state index >= 15 is 0 Å². The first-order valence-corrected chi connectivity index (χ1v) is 16.2. The molecule has 234 valence electrons. The second-order valence-corrected chi connectivity index (χ2v) is 12.6. The van der Waals surface area contributed by atoms with Crippen LogP contribution >= 0.6 is 24.0 Å². The van der Waals surface area contributed by atoms with E-state index in [9.17, 15) is 14.9 Å². The highest BCUT2D eigenvalue weighted by molar-refractivity contribution is 8.26. The lowest BCUT2D eigenvalue weighted by molar-refractivity contribution is -0.122. The summed E-state index contributed by atoms with van der Waals surface area (Å²) in [6.45, 7) is 8.44. The van der Waals surface area contributed by atoms with E-state index in [2.05, 4.69) is 40.1 Å². The third-order valence-corrected chi connectivity index (χ3v) is 9.68. The molecule has 0 saturated carbocycles. The number of carbonyl (C=O) groups is 1. The molecule has 0 spiro atoms. The van der Waals surface area contributed by atoms with Crippen LogP contribution in [0.4, 0.5) is 5.82 Å². The van der Waals surface area contributed by atoms with E-state index in [4.69, 9.17) is 21.7 Å². The summed E-state index contributed by atoms with van der Waals surface area (Å²) in [4.78, 5) is 33.9. The van der Waals surface area contributed by atoms with Crippen molar-refractivity contribution in [3.05, 3.63) is 91.6 Å². The fraction of sp³-hybridized carbons (Fsp3) is 0.353. The van der Waals surface area contributed by atoms with Gasteiger partial charge in [-0.3, -0.25) is 24.0 Å². The molecule has 3 aromatic rings. The summed E-state index contributed by atoms with van der Waals surface area (Å²) >= 11 is 6.90. The Balaban J connectivity index is 1.42. The van der Waals surface area contributed by atoms with Crippen molar-refractivity contribution in [1.29, 1.82) is 5.26 Å². The van der Waals surface area contributed by atoms with Crippen LogP contribution < -0.4 is 19.9 Å². The van der Waals surface area contributed by atoms with Crippen LogP contribution in [0, 0.1) is 18.3 Å². The highest BCUT2D eigenvalue weighted by Crippen LogP contribution is 2.36. The van der Waals surface area contributed by atoms with Gasteiger partial charge in [0.15, 0.2) is 11.5 Å². The molecular formula is C34H37N5O4S2. The number of pyridine rings is 1. The summed E-state index contributed by atoms with van der Waals surface area (Å²) < 4.78 is 12.9. The third-order valence-electron chi connectivity index (χ3n) is 8.30. The van der Waals surface area contributed by atoms with E-state index in [1.807, 2.05) is 37.3 Å². The zero-order valence-corrected chi connectivity index (χ0v) is 27.7. The number of piperazine rings is 1. The Bertz CT molecular complexity index is 1720. The fourth-order valence-corrected chi connectivity index (χ4v) is 7.13. The Hall–Kier alpha value is -4.11. The van der Waals surface area contributed by atoms with Gasteiger partial charge in [0.1, 0.15) is 21.8 Å². The number of carbonyl (C=O) groups excluding carboxylic acids is 1. The lowest BCUT2D eigenvalue weighted by Gasteiger charge is -2.38. The van der Waals surface area contributed by atoms with Gasteiger partial charge in [0.05, 0.1) is 19.1 Å². The van der Waals surface area contributed by atoms with Gasteiger partial charge in [0.25, 0.3) is 11.5 Å². The van der Waals surface area contributed by atoms with Gasteiger partial charge in [0, 0.05) is 51.4 Å². The Morgan fingerprint density at radius 1 is 1.00 bits per heavy atom. The molecule has 2 aliphatic rings. The molecule has 0 atom stereocenters. The number of aromatic nitrogens is 1. The molecule has 2 aliphatic heterocycles. The number of hydrogen-bond donors (Lipinski definition) is 0. The van der Waals surface area contributed by atoms with Gasteiger partial charge in [-0.15, -0.1) is 0 Å². The summed E-state index contributed by atoms with van der Waals surface area (Å²) in [6, 6.07) is 18.2. The third kappa shape index (κ3) is 6.78. The molecule has 0 radical (unpaired) electrons. The molecule has 2 saturated heterocycles. The molecule has 3 heterocycles. The van der Waals surface area contributed by atoms with E-state index in [-0.39, 0.29) is 17.0 Å². The molecule has 1 aromatic heterocycles. The first-order chi connectivity index (χ1) is 21.8. The lowest BCUT2D eigenvalue weighted by Crippen LogP contribution is -2.48. The first kappa shape index (κ1) is 32.3. The van der Waals surface area contributed by atoms with Gasteiger partial charge in [0.2, 0.25) is 0 Å². The maximum absolute atomic E-state index is 13.7. The van der Waals surface area contributed by atoms with Crippen molar-refractivity contribution in [2.24, 2.45) is 0 Å². The highest BCUT2D eigenvalue weighted by Gasteiger charge is 2.33. The molecule has 0 unspecified atom stereocenters. The second-order valence-electron chi connectivity index (χ2n) is 10.9. The smallest absolute Gasteiger partial charge is 0.270 e. The number of amides is 1. The standard InChI is InChI=1S/C34H37N5O4S2/c1-5-38-31(37-17-15-36(16-18-37)22-25-9-7-6-8-10-25)26(23(2)27(21-35)32(38)40)20-30-33(41)39(34(44)45-30)14-13-24-11-12-28(42-3)29(19-24)43-4/h6-12,19-20H,5,13-18,22H2,1-4H3/b30-20+. The Kier molecular flexibility index (Phi) is 10.3. The number of ether oxygens (including phenoxy) is 2. The van der Waals surface area contributed by atoms with E-state index in [1.54, 1.807) is 30.6 Å². The minimum absolute atomic E-state index is 0.0958. The second kappa shape index (κ2) is 14.3. The summed E-state index contributed by atoms with van der Waals surface area (Å²) in [5.41, 5.74) is 3.33. The Labute approximate surface area is 273 Å². The SMILES string of the molecule is CCn1c(N2CCN(Cc3ccccc3)CC2)c(/C=C2/SC(=S)N(CCc3ccc(OC)c(OC)c3)C2=O)c(C)c(C#N)c1=O. The minimum atomic E-state index is -0.307. The van der Waals surface area contributed by atoms with Crippen LogP contribution in [0.25, 0.3) is 6.08 Å². The molecule has 2 fully saturated rings. The number of methoxy groups -OCH3 is 2. The average Bonchev–Trinajstić information content (AvgIpc) is 3.33. The summed E-state index contributed by atoms with van der Waals surface area (Å²) in [5, 5.41) is 9.94. The number of thiocarbonyl (C=S) groups is 1. The zero-order valence-electron chi connectivity index (χ0n) is 26.0. The van der Waals surface area contributed by atoms with Crippen molar-refractivity contribution >= 4 is 46.1 Å². The van der Waals surface area contributed by atoms with Crippen molar-refractivity contribution in [1.82, 2.24) is 14.4 Å². The number of rotatable bonds is 10. The van der Waals surface area contributed by atoms with Crippen molar-refractivity contribution < 1.29 is 14.3 Å². The fourth-order valence-electron chi connectivity index (χ4n) is 5.84. The lowest BCUT2D eigenvalue weighted by atomic mass is 10.0. The monoisotopic (exact) mass is 643 g/mol. The number of nitriles is 1. The summed E-state index contributed by atoms with van der Waals surface area (Å²) in [7, 11) is 3.18. The molecule has 45 heavy (non-hydrogen) atoms. The predicted molar refractivity (Wildman–Crippen MR) is 183 cm³/mol. The molecule has 0 N–H and O–H groups in total. The number of hydrogen-bond acceptors (Lipinski definition) is 9. The Morgan fingerprint density at radius 2 is 1.71 bits per heavy atom. The zero-order chi connectivity index (χ0) is 32.1. The molecule has 11 heteroatoms. The van der Waals surface area contributed by atoms with Crippen LogP contribution in [0.1, 0.15) is 34.7 Å². The molecule has 9 nitrogen and oxygen atoms in total. The molecule has 1 amide bonds. The normalized spacial score (nSPS) is 16.4. The van der Waals surface area contributed by atoms with Gasteiger partial charge >= 0.3 is 0 Å². The van der Waals surface area contributed by atoms with Crippen LogP contribution in [0.15, 0.2) is 58.2 Å². The summed E-state index contributed by atoms with van der Waals surface area (Å²) in [6.07, 6.45) is 2.40. The predicted octanol–water partition coefficient (Wildman–Crippen LogP) is 4.83. The van der Waals surface area contributed by atoms with E-state index < -0.39 is 0 Å². The van der Waals surface area contributed by atoms with Crippen molar-refractivity contribution in [2.75, 3.05) is 51.8 Å². The van der Waals surface area contributed by atoms with Gasteiger partial charge < -0.3 is 14.4 Å². The first-order valence-electron chi connectivity index (χ1n) is 14.9. The highest BCUT2D eigenvalue weighted by atomic mass is 32.2. The van der Waals surface area contributed by atoms with Crippen LogP contribution in [0.3, 0.4) is 0 Å². The maximum atomic E-state index is 13.7. The molecular weight excluding hydrogens is 607 g/mol. The van der Waals surface area contributed by atoms with Crippen LogP contribution in [0.2, 0.25) is 0 Å². The number of thioether (sulfide) groups is 1. The molecule has 2 aromatic carbocycles. The quantitative estimate of drug-likeness (QED) is 0.228. The Morgan fingerprint density at radius 3 is 2.36 bits per heavy atom. The van der Waals surface area contributed by atoms with E-state index in [0.29, 0.717) is 64.5 Å². The van der Waals surface area contributed by atoms with Crippen molar-refractivity contribution in [2.45, 2.75) is 33.4 Å². The van der Waals surface area contributed by atoms with Crippen LogP contribution in [-0.4, -0.2) is 71.5 Å². The van der Waals surface area contributed by atoms with Gasteiger partial charge in [-0.1, -0.05) is 60.4 Å². The van der Waals surface area contributed by atoms with Crippen molar-refractivity contribution in [3.63, 3.8) is 0 Å². The van der Waals surface area contributed by atoms with Gasteiger partial charge in [-0.2, -0.15) is 5.26 Å². The van der Waals surface area contributed by atoms with Gasteiger partial charge in [-0.05, 0) is 55.2 Å². The van der Waals surface area contributed by atoms with Crippen LogP contribution in [-0.2, 0) is 24.3 Å². The summed E-state index contributed by atoms with van der Waals surface area (Å²) in [5.74, 6) is 1.83.